The van der Waals surface area contributed by atoms with Gasteiger partial charge in [0.1, 0.15) is 11.2 Å². The maximum atomic E-state index is 11.7. The number of nitrogens with zero attached hydrogens (tertiary/aromatic N) is 6. The Morgan fingerprint density at radius 1 is 1.11 bits per heavy atom. The number of aromatic amines is 1. The van der Waals surface area contributed by atoms with Crippen molar-refractivity contribution >= 4 is 28.7 Å². The molecule has 10 nitrogen and oxygen atoms in total. The Labute approximate surface area is 225 Å². The molecule has 6 rings (SSSR count). The third-order valence-electron chi connectivity index (χ3n) is 8.03. The number of anilines is 1. The zero-order valence-electron chi connectivity index (χ0n) is 21.9. The van der Waals surface area contributed by atoms with Gasteiger partial charge in [-0.3, -0.25) is 0 Å². The molecule has 0 unspecified atom stereocenters. The van der Waals surface area contributed by atoms with Crippen molar-refractivity contribution in [2.24, 2.45) is 11.8 Å². The second kappa shape index (κ2) is 10.1. The standard InChI is InChI=1S/C27H32ClN7O3/c1-15-7-9-18(10-8-15)14-35-22-21(19-5-4-6-20(28)13-19)29-24(25-32-33-27(36)38-25)30-23(22)31-26(35)34-11-12-37-17(3)16(34)2/h4-6,13,15-18H,7-12,14H2,1-3H3,(H,33,36)/t15-,16-,17-,18-/m1/s1. The van der Waals surface area contributed by atoms with E-state index in [1.165, 1.54) is 25.7 Å². The van der Waals surface area contributed by atoms with E-state index < -0.39 is 5.76 Å². The zero-order chi connectivity index (χ0) is 26.4. The minimum absolute atomic E-state index is 0.0194. The summed E-state index contributed by atoms with van der Waals surface area (Å²) in [5.74, 6) is 1.71. The lowest BCUT2D eigenvalue weighted by atomic mass is 9.83. The van der Waals surface area contributed by atoms with E-state index in [2.05, 4.69) is 40.4 Å². The fraction of sp³-hybridized carbons (Fsp3) is 0.519. The van der Waals surface area contributed by atoms with E-state index in [-0.39, 0.29) is 23.9 Å². The molecular weight excluding hydrogens is 506 g/mol. The van der Waals surface area contributed by atoms with Gasteiger partial charge in [-0.15, -0.1) is 5.10 Å². The lowest BCUT2D eigenvalue weighted by Gasteiger charge is -2.39. The number of rotatable bonds is 5. The Morgan fingerprint density at radius 2 is 1.92 bits per heavy atom. The molecule has 1 aromatic carbocycles. The molecule has 1 aliphatic heterocycles. The van der Waals surface area contributed by atoms with Crippen molar-refractivity contribution in [2.75, 3.05) is 18.1 Å². The number of aromatic nitrogens is 6. The number of morpholine rings is 1. The summed E-state index contributed by atoms with van der Waals surface area (Å²) in [4.78, 5) is 28.7. The number of ether oxygens (including phenoxy) is 1. The lowest BCUT2D eigenvalue weighted by molar-refractivity contribution is 0.0274. The van der Waals surface area contributed by atoms with Crippen LogP contribution < -0.4 is 10.7 Å². The van der Waals surface area contributed by atoms with Gasteiger partial charge in [0.25, 0.3) is 5.89 Å². The minimum atomic E-state index is -0.665. The number of hydrogen-bond donors (Lipinski definition) is 1. The van der Waals surface area contributed by atoms with Crippen molar-refractivity contribution in [1.82, 2.24) is 29.7 Å². The summed E-state index contributed by atoms with van der Waals surface area (Å²) in [5, 5.41) is 6.87. The summed E-state index contributed by atoms with van der Waals surface area (Å²) in [5.41, 5.74) is 2.88. The first-order valence-electron chi connectivity index (χ1n) is 13.4. The predicted molar refractivity (Wildman–Crippen MR) is 145 cm³/mol. The molecule has 0 radical (unpaired) electrons. The molecule has 0 bridgehead atoms. The molecule has 200 valence electrons. The topological polar surface area (TPSA) is 115 Å². The highest BCUT2D eigenvalue weighted by Gasteiger charge is 2.32. The summed E-state index contributed by atoms with van der Waals surface area (Å²) in [6.07, 6.45) is 4.90. The Kier molecular flexibility index (Phi) is 6.69. The number of H-pyrrole nitrogens is 1. The van der Waals surface area contributed by atoms with Gasteiger partial charge in [-0.1, -0.05) is 43.5 Å². The number of imidazole rings is 1. The summed E-state index contributed by atoms with van der Waals surface area (Å²) in [7, 11) is 0. The fourth-order valence-corrected chi connectivity index (χ4v) is 5.85. The summed E-state index contributed by atoms with van der Waals surface area (Å²) >= 11 is 6.41. The van der Waals surface area contributed by atoms with Crippen molar-refractivity contribution in [3.8, 4) is 23.0 Å². The van der Waals surface area contributed by atoms with Crippen LogP contribution in [0.15, 0.2) is 33.5 Å². The van der Waals surface area contributed by atoms with E-state index in [0.29, 0.717) is 28.9 Å². The van der Waals surface area contributed by atoms with Crippen molar-refractivity contribution in [3.63, 3.8) is 0 Å². The third kappa shape index (κ3) is 4.71. The average molecular weight is 538 g/mol. The van der Waals surface area contributed by atoms with Crippen molar-refractivity contribution < 1.29 is 9.15 Å². The molecule has 11 heteroatoms. The molecule has 0 spiro atoms. The van der Waals surface area contributed by atoms with Crippen LogP contribution in [0.1, 0.15) is 46.5 Å². The monoisotopic (exact) mass is 537 g/mol. The van der Waals surface area contributed by atoms with E-state index in [1.54, 1.807) is 0 Å². The molecule has 1 N–H and O–H groups in total. The molecule has 2 aliphatic rings. The molecule has 0 amide bonds. The van der Waals surface area contributed by atoms with Crippen LogP contribution in [-0.4, -0.2) is 55.0 Å². The molecule has 2 atom stereocenters. The maximum Gasteiger partial charge on any atom is 0.434 e. The van der Waals surface area contributed by atoms with Crippen molar-refractivity contribution in [1.29, 1.82) is 0 Å². The molecular formula is C27H32ClN7O3. The van der Waals surface area contributed by atoms with Gasteiger partial charge in [-0.25, -0.2) is 19.9 Å². The van der Waals surface area contributed by atoms with Gasteiger partial charge in [-0.2, -0.15) is 4.98 Å². The van der Waals surface area contributed by atoms with Crippen molar-refractivity contribution in [2.45, 2.75) is 65.1 Å². The normalized spacial score (nSPS) is 24.3. The second-order valence-corrected chi connectivity index (χ2v) is 11.1. The van der Waals surface area contributed by atoms with Crippen LogP contribution in [0, 0.1) is 11.8 Å². The van der Waals surface area contributed by atoms with Gasteiger partial charge in [-0.05, 0) is 50.7 Å². The van der Waals surface area contributed by atoms with E-state index >= 15 is 0 Å². The Hall–Kier alpha value is -3.24. The van der Waals surface area contributed by atoms with Crippen LogP contribution in [0.2, 0.25) is 5.02 Å². The molecule has 4 heterocycles. The van der Waals surface area contributed by atoms with Gasteiger partial charge in [0.15, 0.2) is 5.65 Å². The van der Waals surface area contributed by atoms with Gasteiger partial charge in [0, 0.05) is 23.7 Å². The summed E-state index contributed by atoms with van der Waals surface area (Å²) < 4.78 is 13.4. The highest BCUT2D eigenvalue weighted by molar-refractivity contribution is 6.30. The average Bonchev–Trinajstić information content (AvgIpc) is 3.50. The fourth-order valence-electron chi connectivity index (χ4n) is 5.66. The first kappa shape index (κ1) is 25.1. The van der Waals surface area contributed by atoms with Crippen LogP contribution in [0.4, 0.5) is 5.95 Å². The highest BCUT2D eigenvalue weighted by atomic mass is 35.5. The van der Waals surface area contributed by atoms with E-state index in [1.807, 2.05) is 24.3 Å². The van der Waals surface area contributed by atoms with E-state index in [0.717, 1.165) is 36.0 Å². The Bertz CT molecular complexity index is 1500. The molecule has 1 saturated heterocycles. The lowest BCUT2D eigenvalue weighted by Crippen LogP contribution is -2.49. The van der Waals surface area contributed by atoms with Crippen LogP contribution in [0.5, 0.6) is 0 Å². The number of nitrogens with one attached hydrogen (secondary N) is 1. The van der Waals surface area contributed by atoms with Gasteiger partial charge in [0.05, 0.1) is 18.8 Å². The molecule has 1 aliphatic carbocycles. The number of fused-ring (bicyclic) bond motifs is 1. The second-order valence-electron chi connectivity index (χ2n) is 10.7. The predicted octanol–water partition coefficient (Wildman–Crippen LogP) is 4.93. The summed E-state index contributed by atoms with van der Waals surface area (Å²) in [6, 6.07) is 7.72. The van der Waals surface area contributed by atoms with Gasteiger partial charge in [0.2, 0.25) is 11.8 Å². The molecule has 1 saturated carbocycles. The van der Waals surface area contributed by atoms with E-state index in [9.17, 15) is 4.79 Å². The summed E-state index contributed by atoms with van der Waals surface area (Å²) in [6.45, 7) is 8.80. The third-order valence-corrected chi connectivity index (χ3v) is 8.26. The molecule has 4 aromatic rings. The molecule has 3 aromatic heterocycles. The van der Waals surface area contributed by atoms with Gasteiger partial charge >= 0.3 is 5.76 Å². The first-order valence-corrected chi connectivity index (χ1v) is 13.7. The number of hydrogen-bond acceptors (Lipinski definition) is 8. The van der Waals surface area contributed by atoms with Crippen LogP contribution in [-0.2, 0) is 11.3 Å². The Morgan fingerprint density at radius 3 is 2.66 bits per heavy atom. The molecule has 38 heavy (non-hydrogen) atoms. The van der Waals surface area contributed by atoms with Gasteiger partial charge < -0.3 is 18.6 Å². The smallest absolute Gasteiger partial charge is 0.384 e. The first-order chi connectivity index (χ1) is 18.4. The van der Waals surface area contributed by atoms with E-state index in [4.69, 9.17) is 35.7 Å². The largest absolute Gasteiger partial charge is 0.434 e. The van der Waals surface area contributed by atoms with Crippen molar-refractivity contribution in [3.05, 3.63) is 39.8 Å². The van der Waals surface area contributed by atoms with Crippen LogP contribution in [0.3, 0.4) is 0 Å². The Balaban J connectivity index is 1.58. The van der Waals surface area contributed by atoms with Crippen LogP contribution >= 0.6 is 11.6 Å². The maximum absolute atomic E-state index is 11.7. The quantitative estimate of drug-likeness (QED) is 0.381. The highest BCUT2D eigenvalue weighted by Crippen LogP contribution is 2.37. The SMILES string of the molecule is C[C@@H]1[C@@H](C)OCCN1c1nc2nc(-c3n[nH]c(=O)o3)nc(-c3cccc(Cl)c3)c2n1C[C@H]1CC[C@H](C)CC1. The minimum Gasteiger partial charge on any atom is -0.384 e. The number of halogens is 1. The molecule has 2 fully saturated rings. The zero-order valence-corrected chi connectivity index (χ0v) is 22.6. The number of benzene rings is 1. The van der Waals surface area contributed by atoms with Crippen LogP contribution in [0.25, 0.3) is 34.1 Å².